The summed E-state index contributed by atoms with van der Waals surface area (Å²) in [6, 6.07) is -0.779. The SMILES string of the molecule is CCC(NC(=O)C1(CC)CCCN1)C(=O)O. The first-order chi connectivity index (χ1) is 7.55. The molecule has 2 atom stereocenters. The van der Waals surface area contributed by atoms with Gasteiger partial charge in [-0.3, -0.25) is 4.79 Å². The number of carboxylic acids is 1. The highest BCUT2D eigenvalue weighted by Gasteiger charge is 2.40. The van der Waals surface area contributed by atoms with Gasteiger partial charge in [0.25, 0.3) is 0 Å². The van der Waals surface area contributed by atoms with Crippen molar-refractivity contribution in [3.8, 4) is 0 Å². The zero-order valence-electron chi connectivity index (χ0n) is 9.88. The molecule has 1 fully saturated rings. The quantitative estimate of drug-likeness (QED) is 0.640. The van der Waals surface area contributed by atoms with Crippen LogP contribution in [0.1, 0.15) is 39.5 Å². The minimum Gasteiger partial charge on any atom is -0.480 e. The number of aliphatic carboxylic acids is 1. The van der Waals surface area contributed by atoms with Crippen LogP contribution in [-0.2, 0) is 9.59 Å². The Balaban J connectivity index is 2.65. The molecule has 0 spiro atoms. The van der Waals surface area contributed by atoms with Gasteiger partial charge in [0.1, 0.15) is 6.04 Å². The second-order valence-corrected chi connectivity index (χ2v) is 4.24. The molecule has 1 saturated heterocycles. The van der Waals surface area contributed by atoms with E-state index >= 15 is 0 Å². The minimum absolute atomic E-state index is 0.179. The van der Waals surface area contributed by atoms with Gasteiger partial charge >= 0.3 is 5.97 Å². The normalized spacial score (nSPS) is 26.4. The van der Waals surface area contributed by atoms with Gasteiger partial charge < -0.3 is 15.7 Å². The molecule has 1 aliphatic rings. The van der Waals surface area contributed by atoms with Crippen LogP contribution in [0.25, 0.3) is 0 Å². The average molecular weight is 228 g/mol. The Morgan fingerprint density at radius 2 is 2.19 bits per heavy atom. The van der Waals surface area contributed by atoms with Gasteiger partial charge in [-0.25, -0.2) is 4.79 Å². The standard InChI is InChI=1S/C11H20N2O3/c1-3-8(9(14)15)13-10(16)11(4-2)6-5-7-12-11/h8,12H,3-7H2,1-2H3,(H,13,16)(H,14,15). The second-order valence-electron chi connectivity index (χ2n) is 4.24. The molecule has 5 heteroatoms. The van der Waals surface area contributed by atoms with Gasteiger partial charge in [0, 0.05) is 0 Å². The number of hydrogen-bond acceptors (Lipinski definition) is 3. The molecule has 1 heterocycles. The van der Waals surface area contributed by atoms with Gasteiger partial charge in [-0.05, 0) is 32.2 Å². The highest BCUT2D eigenvalue weighted by molar-refractivity contribution is 5.90. The summed E-state index contributed by atoms with van der Waals surface area (Å²) in [6.45, 7) is 4.52. The molecule has 0 saturated carbocycles. The lowest BCUT2D eigenvalue weighted by molar-refractivity contribution is -0.143. The first-order valence-corrected chi connectivity index (χ1v) is 5.84. The Hall–Kier alpha value is -1.10. The molecule has 0 radical (unpaired) electrons. The smallest absolute Gasteiger partial charge is 0.326 e. The van der Waals surface area contributed by atoms with Gasteiger partial charge in [0.2, 0.25) is 5.91 Å². The van der Waals surface area contributed by atoms with Gasteiger partial charge in [-0.2, -0.15) is 0 Å². The van der Waals surface area contributed by atoms with Crippen LogP contribution in [0.5, 0.6) is 0 Å². The van der Waals surface area contributed by atoms with Crippen molar-refractivity contribution >= 4 is 11.9 Å². The summed E-state index contributed by atoms with van der Waals surface area (Å²) in [5, 5.41) is 14.7. The maximum atomic E-state index is 12.0. The van der Waals surface area contributed by atoms with Crippen molar-refractivity contribution in [2.45, 2.75) is 51.1 Å². The first kappa shape index (κ1) is 13.0. The van der Waals surface area contributed by atoms with Crippen molar-refractivity contribution in [1.29, 1.82) is 0 Å². The summed E-state index contributed by atoms with van der Waals surface area (Å²) in [5.74, 6) is -1.15. The van der Waals surface area contributed by atoms with Crippen molar-refractivity contribution in [2.75, 3.05) is 6.54 Å². The summed E-state index contributed by atoms with van der Waals surface area (Å²) >= 11 is 0. The zero-order chi connectivity index (χ0) is 12.2. The topological polar surface area (TPSA) is 78.4 Å². The van der Waals surface area contributed by atoms with Crippen LogP contribution in [0, 0.1) is 0 Å². The average Bonchev–Trinajstić information content (AvgIpc) is 2.74. The summed E-state index contributed by atoms with van der Waals surface area (Å²) in [7, 11) is 0. The van der Waals surface area contributed by atoms with E-state index in [-0.39, 0.29) is 5.91 Å². The van der Waals surface area contributed by atoms with Gasteiger partial charge in [0.05, 0.1) is 5.54 Å². The van der Waals surface area contributed by atoms with Gasteiger partial charge in [0.15, 0.2) is 0 Å². The van der Waals surface area contributed by atoms with E-state index in [1.54, 1.807) is 6.92 Å². The summed E-state index contributed by atoms with van der Waals surface area (Å²) < 4.78 is 0. The van der Waals surface area contributed by atoms with Crippen molar-refractivity contribution < 1.29 is 14.7 Å². The fraction of sp³-hybridized carbons (Fsp3) is 0.818. The number of nitrogens with one attached hydrogen (secondary N) is 2. The third-order valence-electron chi connectivity index (χ3n) is 3.29. The molecule has 0 aromatic carbocycles. The Kier molecular flexibility index (Phi) is 4.29. The van der Waals surface area contributed by atoms with E-state index in [0.29, 0.717) is 12.8 Å². The zero-order valence-corrected chi connectivity index (χ0v) is 9.88. The Morgan fingerprint density at radius 3 is 2.56 bits per heavy atom. The Morgan fingerprint density at radius 1 is 1.50 bits per heavy atom. The molecule has 16 heavy (non-hydrogen) atoms. The van der Waals surface area contributed by atoms with E-state index in [1.165, 1.54) is 0 Å². The number of rotatable bonds is 5. The van der Waals surface area contributed by atoms with Crippen molar-refractivity contribution in [3.63, 3.8) is 0 Å². The lowest BCUT2D eigenvalue weighted by atomic mass is 9.92. The van der Waals surface area contributed by atoms with Crippen LogP contribution in [0.15, 0.2) is 0 Å². The largest absolute Gasteiger partial charge is 0.480 e. The molecule has 1 rings (SSSR count). The number of hydrogen-bond donors (Lipinski definition) is 3. The third-order valence-corrected chi connectivity index (χ3v) is 3.29. The molecule has 92 valence electrons. The minimum atomic E-state index is -0.972. The van der Waals surface area contributed by atoms with Crippen LogP contribution in [-0.4, -0.2) is 35.1 Å². The molecule has 1 amide bonds. The van der Waals surface area contributed by atoms with E-state index in [2.05, 4.69) is 10.6 Å². The monoisotopic (exact) mass is 228 g/mol. The molecule has 3 N–H and O–H groups in total. The van der Waals surface area contributed by atoms with Crippen molar-refractivity contribution in [2.24, 2.45) is 0 Å². The summed E-state index contributed by atoms with van der Waals surface area (Å²) in [6.07, 6.45) is 2.84. The highest BCUT2D eigenvalue weighted by atomic mass is 16.4. The molecule has 0 aromatic heterocycles. The molecule has 5 nitrogen and oxygen atoms in total. The van der Waals surface area contributed by atoms with E-state index in [1.807, 2.05) is 6.92 Å². The lowest BCUT2D eigenvalue weighted by Crippen LogP contribution is -2.56. The van der Waals surface area contributed by atoms with Crippen LogP contribution in [0.4, 0.5) is 0 Å². The number of carbonyl (C=O) groups excluding carboxylic acids is 1. The molecule has 0 bridgehead atoms. The third kappa shape index (κ3) is 2.52. The van der Waals surface area contributed by atoms with E-state index in [4.69, 9.17) is 5.11 Å². The molecule has 1 aliphatic heterocycles. The highest BCUT2D eigenvalue weighted by Crippen LogP contribution is 2.23. The Labute approximate surface area is 95.6 Å². The predicted octanol–water partition coefficient (Wildman–Crippen LogP) is 0.498. The van der Waals surface area contributed by atoms with E-state index in [9.17, 15) is 9.59 Å². The number of amides is 1. The molecular weight excluding hydrogens is 208 g/mol. The number of carbonyl (C=O) groups is 2. The van der Waals surface area contributed by atoms with Crippen LogP contribution < -0.4 is 10.6 Å². The lowest BCUT2D eigenvalue weighted by Gasteiger charge is -2.28. The predicted molar refractivity (Wildman–Crippen MR) is 60.1 cm³/mol. The Bertz CT molecular complexity index is 272. The van der Waals surface area contributed by atoms with E-state index < -0.39 is 17.6 Å². The van der Waals surface area contributed by atoms with E-state index in [0.717, 1.165) is 19.4 Å². The molecule has 0 aliphatic carbocycles. The first-order valence-electron chi connectivity index (χ1n) is 5.84. The molecular formula is C11H20N2O3. The fourth-order valence-corrected chi connectivity index (χ4v) is 2.10. The van der Waals surface area contributed by atoms with Crippen LogP contribution in [0.3, 0.4) is 0 Å². The summed E-state index contributed by atoms with van der Waals surface area (Å²) in [4.78, 5) is 22.9. The molecule has 0 aromatic rings. The second kappa shape index (κ2) is 5.30. The van der Waals surface area contributed by atoms with Crippen LogP contribution in [0.2, 0.25) is 0 Å². The van der Waals surface area contributed by atoms with Crippen molar-refractivity contribution in [3.05, 3.63) is 0 Å². The maximum Gasteiger partial charge on any atom is 0.326 e. The maximum absolute atomic E-state index is 12.0. The van der Waals surface area contributed by atoms with Crippen LogP contribution >= 0.6 is 0 Å². The fourth-order valence-electron chi connectivity index (χ4n) is 2.10. The van der Waals surface area contributed by atoms with Gasteiger partial charge in [-0.1, -0.05) is 13.8 Å². The van der Waals surface area contributed by atoms with Crippen molar-refractivity contribution in [1.82, 2.24) is 10.6 Å². The molecule has 2 unspecified atom stereocenters. The van der Waals surface area contributed by atoms with Gasteiger partial charge in [-0.15, -0.1) is 0 Å². The summed E-state index contributed by atoms with van der Waals surface area (Å²) in [5.41, 5.74) is -0.553. The number of carboxylic acid groups (broad SMARTS) is 1.